The lowest BCUT2D eigenvalue weighted by Gasteiger charge is -2.28. The van der Waals surface area contributed by atoms with Gasteiger partial charge in [-0.2, -0.15) is 18.3 Å². The second kappa shape index (κ2) is 11.9. The van der Waals surface area contributed by atoms with Crippen LogP contribution in [0.1, 0.15) is 78.3 Å². The standard InChI is InChI=1S/C24H39N3O.C2HF3O2/c1-17(2)15-28-21-12-10-20(11-13-21)24(8,9)16-25-18(3)22-14-26-27(19(22)4)23(5,6)7;3-2(4,5)1(6)7/h10-14,17-18,25H,15-16H2,1-9H3;(H,6,7). The molecule has 2 N–H and O–H groups in total. The van der Waals surface area contributed by atoms with Crippen molar-refractivity contribution in [1.29, 1.82) is 0 Å². The van der Waals surface area contributed by atoms with E-state index in [0.29, 0.717) is 5.92 Å². The van der Waals surface area contributed by atoms with Gasteiger partial charge >= 0.3 is 12.1 Å². The van der Waals surface area contributed by atoms with E-state index in [1.807, 2.05) is 6.20 Å². The molecule has 9 heteroatoms. The summed E-state index contributed by atoms with van der Waals surface area (Å²) < 4.78 is 39.7. The molecule has 1 aromatic heterocycles. The minimum Gasteiger partial charge on any atom is -0.493 e. The Kier molecular flexibility index (Phi) is 10.4. The van der Waals surface area contributed by atoms with Crippen molar-refractivity contribution >= 4 is 5.97 Å². The minimum atomic E-state index is -5.08. The molecule has 0 bridgehead atoms. The Labute approximate surface area is 206 Å². The van der Waals surface area contributed by atoms with Gasteiger partial charge in [-0.15, -0.1) is 0 Å². The molecule has 0 spiro atoms. The molecule has 0 aliphatic heterocycles. The lowest BCUT2D eigenvalue weighted by molar-refractivity contribution is -0.192. The summed E-state index contributed by atoms with van der Waals surface area (Å²) >= 11 is 0. The van der Waals surface area contributed by atoms with Crippen molar-refractivity contribution in [3.63, 3.8) is 0 Å². The van der Waals surface area contributed by atoms with Crippen molar-refractivity contribution in [1.82, 2.24) is 15.1 Å². The predicted octanol–water partition coefficient (Wildman–Crippen LogP) is 6.24. The fraction of sp³-hybridized carbons (Fsp3) is 0.615. The molecule has 0 saturated carbocycles. The van der Waals surface area contributed by atoms with E-state index in [0.717, 1.165) is 18.9 Å². The van der Waals surface area contributed by atoms with Crippen LogP contribution in [0.15, 0.2) is 30.5 Å². The van der Waals surface area contributed by atoms with Gasteiger partial charge in [0.05, 0.1) is 18.3 Å². The number of alkyl halides is 3. The molecule has 198 valence electrons. The monoisotopic (exact) mass is 499 g/mol. The van der Waals surface area contributed by atoms with Crippen LogP contribution >= 0.6 is 0 Å². The maximum atomic E-state index is 10.6. The molecule has 2 aromatic rings. The van der Waals surface area contributed by atoms with Crippen molar-refractivity contribution in [3.8, 4) is 5.75 Å². The highest BCUT2D eigenvalue weighted by Gasteiger charge is 2.38. The smallest absolute Gasteiger partial charge is 0.490 e. The molecular weight excluding hydrogens is 459 g/mol. The lowest BCUT2D eigenvalue weighted by atomic mass is 9.84. The maximum Gasteiger partial charge on any atom is 0.490 e. The van der Waals surface area contributed by atoms with Gasteiger partial charge in [0.1, 0.15) is 5.75 Å². The van der Waals surface area contributed by atoms with Crippen LogP contribution in [0, 0.1) is 12.8 Å². The number of halogens is 3. The van der Waals surface area contributed by atoms with Crippen LogP contribution in [-0.4, -0.2) is 40.2 Å². The van der Waals surface area contributed by atoms with Crippen molar-refractivity contribution < 1.29 is 27.8 Å². The molecule has 0 aliphatic carbocycles. The fourth-order valence-corrected chi connectivity index (χ4v) is 3.41. The van der Waals surface area contributed by atoms with E-state index in [9.17, 15) is 13.2 Å². The Bertz CT molecular complexity index is 943. The number of ether oxygens (including phenoxy) is 1. The summed E-state index contributed by atoms with van der Waals surface area (Å²) in [6.45, 7) is 21.5. The van der Waals surface area contributed by atoms with Crippen molar-refractivity contribution in [2.24, 2.45) is 5.92 Å². The summed E-state index contributed by atoms with van der Waals surface area (Å²) in [5, 5.41) is 15.5. The van der Waals surface area contributed by atoms with E-state index in [1.165, 1.54) is 16.8 Å². The fourth-order valence-electron chi connectivity index (χ4n) is 3.41. The number of carbonyl (C=O) groups is 1. The summed E-state index contributed by atoms with van der Waals surface area (Å²) in [5.41, 5.74) is 3.84. The van der Waals surface area contributed by atoms with E-state index in [2.05, 4.69) is 102 Å². The Morgan fingerprint density at radius 1 is 1.09 bits per heavy atom. The van der Waals surface area contributed by atoms with Gasteiger partial charge in [0.25, 0.3) is 0 Å². The van der Waals surface area contributed by atoms with E-state index >= 15 is 0 Å². The first-order chi connectivity index (χ1) is 15.9. The first-order valence-electron chi connectivity index (χ1n) is 11.7. The van der Waals surface area contributed by atoms with Crippen LogP contribution in [0.2, 0.25) is 0 Å². The Morgan fingerprint density at radius 3 is 2.00 bits per heavy atom. The number of carboxylic acids is 1. The number of aliphatic carboxylic acids is 1. The Hall–Kier alpha value is -2.55. The first-order valence-corrected chi connectivity index (χ1v) is 11.7. The molecule has 0 amide bonds. The number of hydrogen-bond donors (Lipinski definition) is 2. The van der Waals surface area contributed by atoms with Gasteiger partial charge < -0.3 is 15.2 Å². The Balaban J connectivity index is 0.000000762. The van der Waals surface area contributed by atoms with Gasteiger partial charge in [-0.05, 0) is 58.2 Å². The maximum absolute atomic E-state index is 10.6. The topological polar surface area (TPSA) is 76.4 Å². The van der Waals surface area contributed by atoms with Crippen LogP contribution in [-0.2, 0) is 15.7 Å². The van der Waals surface area contributed by atoms with Crippen LogP contribution in [0.3, 0.4) is 0 Å². The second-order valence-electron chi connectivity index (χ2n) is 10.8. The van der Waals surface area contributed by atoms with Crippen LogP contribution in [0.25, 0.3) is 0 Å². The summed E-state index contributed by atoms with van der Waals surface area (Å²) in [4.78, 5) is 8.90. The quantitative estimate of drug-likeness (QED) is 0.449. The largest absolute Gasteiger partial charge is 0.493 e. The van der Waals surface area contributed by atoms with Gasteiger partial charge in [0.15, 0.2) is 0 Å². The number of nitrogens with zero attached hydrogens (tertiary/aromatic N) is 2. The van der Waals surface area contributed by atoms with E-state index in [-0.39, 0.29) is 17.0 Å². The highest BCUT2D eigenvalue weighted by Crippen LogP contribution is 2.27. The third-order valence-corrected chi connectivity index (χ3v) is 5.46. The summed E-state index contributed by atoms with van der Waals surface area (Å²) in [5.74, 6) is -1.28. The summed E-state index contributed by atoms with van der Waals surface area (Å²) in [7, 11) is 0. The SMILES string of the molecule is Cc1c(C(C)NCC(C)(C)c2ccc(OCC(C)C)cc2)cnn1C(C)(C)C.O=C(O)C(F)(F)F. The number of benzene rings is 1. The molecule has 0 saturated heterocycles. The summed E-state index contributed by atoms with van der Waals surface area (Å²) in [6.07, 6.45) is -3.08. The number of rotatable bonds is 8. The molecular formula is C26H40F3N3O3. The third-order valence-electron chi connectivity index (χ3n) is 5.46. The average Bonchev–Trinajstić information content (AvgIpc) is 3.12. The Morgan fingerprint density at radius 2 is 1.60 bits per heavy atom. The van der Waals surface area contributed by atoms with Gasteiger partial charge in [0.2, 0.25) is 0 Å². The van der Waals surface area contributed by atoms with E-state index in [4.69, 9.17) is 14.6 Å². The lowest BCUT2D eigenvalue weighted by Crippen LogP contribution is -2.34. The normalized spacial score (nSPS) is 13.3. The average molecular weight is 500 g/mol. The molecule has 1 aromatic carbocycles. The van der Waals surface area contributed by atoms with Gasteiger partial charge in [-0.1, -0.05) is 39.8 Å². The number of hydrogen-bond acceptors (Lipinski definition) is 4. The number of carboxylic acid groups (broad SMARTS) is 1. The van der Waals surface area contributed by atoms with Crippen molar-refractivity contribution in [3.05, 3.63) is 47.3 Å². The van der Waals surface area contributed by atoms with Crippen LogP contribution < -0.4 is 10.1 Å². The predicted molar refractivity (Wildman–Crippen MR) is 132 cm³/mol. The molecule has 1 atom stereocenters. The zero-order valence-corrected chi connectivity index (χ0v) is 22.2. The van der Waals surface area contributed by atoms with Gasteiger partial charge in [-0.25, -0.2) is 4.79 Å². The van der Waals surface area contributed by atoms with E-state index in [1.54, 1.807) is 0 Å². The van der Waals surface area contributed by atoms with Crippen LogP contribution in [0.5, 0.6) is 5.75 Å². The minimum absolute atomic E-state index is 0.000705. The molecule has 0 fully saturated rings. The molecule has 35 heavy (non-hydrogen) atoms. The number of nitrogens with one attached hydrogen (secondary N) is 1. The second-order valence-corrected chi connectivity index (χ2v) is 10.8. The highest BCUT2D eigenvalue weighted by atomic mass is 19.4. The molecule has 1 unspecified atom stereocenters. The summed E-state index contributed by atoms with van der Waals surface area (Å²) in [6, 6.07) is 8.79. The third kappa shape index (κ3) is 9.55. The number of aromatic nitrogens is 2. The zero-order chi connectivity index (χ0) is 27.2. The van der Waals surface area contributed by atoms with Crippen molar-refractivity contribution in [2.75, 3.05) is 13.2 Å². The molecule has 0 radical (unpaired) electrons. The van der Waals surface area contributed by atoms with Gasteiger partial charge in [-0.3, -0.25) is 4.68 Å². The van der Waals surface area contributed by atoms with Crippen LogP contribution in [0.4, 0.5) is 13.2 Å². The van der Waals surface area contributed by atoms with Gasteiger partial charge in [0, 0.05) is 29.3 Å². The molecule has 0 aliphatic rings. The zero-order valence-electron chi connectivity index (χ0n) is 22.2. The highest BCUT2D eigenvalue weighted by molar-refractivity contribution is 5.73. The molecule has 1 heterocycles. The molecule has 6 nitrogen and oxygen atoms in total. The van der Waals surface area contributed by atoms with E-state index < -0.39 is 12.1 Å². The van der Waals surface area contributed by atoms with Crippen molar-refractivity contribution in [2.45, 2.75) is 85.5 Å². The first kappa shape index (κ1) is 30.5. The molecule has 2 rings (SSSR count).